The monoisotopic (exact) mass is 246 g/mol. The van der Waals surface area contributed by atoms with Crippen LogP contribution in [0, 0.1) is 5.82 Å². The van der Waals surface area contributed by atoms with Crippen molar-refractivity contribution in [3.63, 3.8) is 0 Å². The van der Waals surface area contributed by atoms with Gasteiger partial charge < -0.3 is 10.7 Å². The van der Waals surface area contributed by atoms with Crippen LogP contribution in [0.3, 0.4) is 0 Å². The van der Waals surface area contributed by atoms with E-state index in [0.29, 0.717) is 5.52 Å². The van der Waals surface area contributed by atoms with Gasteiger partial charge >= 0.3 is 6.18 Å². The van der Waals surface area contributed by atoms with Gasteiger partial charge in [0.15, 0.2) is 0 Å². The molecule has 0 fully saturated rings. The Bertz CT molecular complexity index is 530. The number of halogens is 4. The Balaban J connectivity index is 2.63. The summed E-state index contributed by atoms with van der Waals surface area (Å²) in [5, 5.41) is -0.0414. The largest absolute Gasteiger partial charge is 0.397 e. The molecular weight excluding hydrogens is 236 g/mol. The number of hydrogen-bond donors (Lipinski definition) is 2. The first kappa shape index (κ1) is 11.9. The van der Waals surface area contributed by atoms with Gasteiger partial charge in [0.05, 0.1) is 5.92 Å². The molecule has 0 aliphatic rings. The maximum Gasteiger partial charge on any atom is 0.397 e. The molecule has 92 valence electrons. The van der Waals surface area contributed by atoms with Crippen molar-refractivity contribution in [1.82, 2.24) is 4.98 Å². The number of hydrogen-bond acceptors (Lipinski definition) is 1. The lowest BCUT2D eigenvalue weighted by atomic mass is 9.98. The molecule has 1 heterocycles. The molecule has 2 rings (SSSR count). The summed E-state index contributed by atoms with van der Waals surface area (Å²) >= 11 is 0. The average Bonchev–Trinajstić information content (AvgIpc) is 2.62. The second kappa shape index (κ2) is 4.03. The van der Waals surface area contributed by atoms with Crippen molar-refractivity contribution in [2.75, 3.05) is 6.54 Å². The maximum atomic E-state index is 13.5. The van der Waals surface area contributed by atoms with Crippen LogP contribution in [-0.4, -0.2) is 17.7 Å². The Labute approximate surface area is 94.4 Å². The van der Waals surface area contributed by atoms with Gasteiger partial charge in [0.2, 0.25) is 0 Å². The van der Waals surface area contributed by atoms with E-state index in [9.17, 15) is 17.6 Å². The number of rotatable bonds is 2. The molecule has 1 unspecified atom stereocenters. The molecular formula is C11H10F4N2. The van der Waals surface area contributed by atoms with Gasteiger partial charge in [-0.15, -0.1) is 0 Å². The van der Waals surface area contributed by atoms with E-state index < -0.39 is 24.5 Å². The zero-order valence-corrected chi connectivity index (χ0v) is 8.68. The van der Waals surface area contributed by atoms with Crippen LogP contribution in [0.4, 0.5) is 17.6 Å². The minimum Gasteiger partial charge on any atom is -0.361 e. The molecule has 6 heteroatoms. The van der Waals surface area contributed by atoms with Gasteiger partial charge in [0, 0.05) is 23.6 Å². The number of aromatic amines is 1. The molecule has 0 bridgehead atoms. The van der Waals surface area contributed by atoms with Crippen LogP contribution in [0.5, 0.6) is 0 Å². The first-order valence-electron chi connectivity index (χ1n) is 4.97. The van der Waals surface area contributed by atoms with Crippen LogP contribution in [0.15, 0.2) is 24.4 Å². The quantitative estimate of drug-likeness (QED) is 0.786. The summed E-state index contributed by atoms with van der Waals surface area (Å²) in [6, 6.07) is 4.08. The smallest absolute Gasteiger partial charge is 0.361 e. The van der Waals surface area contributed by atoms with E-state index in [4.69, 9.17) is 5.73 Å². The van der Waals surface area contributed by atoms with Gasteiger partial charge in [0.25, 0.3) is 0 Å². The van der Waals surface area contributed by atoms with Gasteiger partial charge in [-0.05, 0) is 17.7 Å². The SMILES string of the molecule is NCC(c1c[nH]c2cccc(F)c12)C(F)(F)F. The zero-order chi connectivity index (χ0) is 12.6. The second-order valence-electron chi connectivity index (χ2n) is 3.74. The molecule has 2 nitrogen and oxygen atoms in total. The second-order valence-corrected chi connectivity index (χ2v) is 3.74. The fraction of sp³-hybridized carbons (Fsp3) is 0.273. The molecule has 0 amide bonds. The molecule has 2 aromatic rings. The molecule has 1 aromatic carbocycles. The predicted molar refractivity (Wildman–Crippen MR) is 56.1 cm³/mol. The maximum absolute atomic E-state index is 13.5. The van der Waals surface area contributed by atoms with Gasteiger partial charge in [-0.25, -0.2) is 4.39 Å². The van der Waals surface area contributed by atoms with Gasteiger partial charge in [-0.3, -0.25) is 0 Å². The predicted octanol–water partition coefficient (Wildman–Crippen LogP) is 2.91. The lowest BCUT2D eigenvalue weighted by Gasteiger charge is -2.17. The Morgan fingerprint density at radius 3 is 2.59 bits per heavy atom. The standard InChI is InChI=1S/C11H10F4N2/c12-8-2-1-3-9-10(8)6(5-17-9)7(4-16)11(13,14)15/h1-3,5,7,17H,4,16H2. The number of aromatic nitrogens is 1. The molecule has 1 aromatic heterocycles. The fourth-order valence-electron chi connectivity index (χ4n) is 1.88. The lowest BCUT2D eigenvalue weighted by molar-refractivity contribution is -0.147. The third-order valence-corrected chi connectivity index (χ3v) is 2.69. The Morgan fingerprint density at radius 1 is 1.29 bits per heavy atom. The van der Waals surface area contributed by atoms with E-state index in [1.807, 2.05) is 0 Å². The van der Waals surface area contributed by atoms with Gasteiger partial charge in [-0.1, -0.05) is 6.07 Å². The lowest BCUT2D eigenvalue weighted by Crippen LogP contribution is -2.27. The summed E-state index contributed by atoms with van der Waals surface area (Å²) in [6.45, 7) is -0.606. The van der Waals surface area contributed by atoms with E-state index in [1.54, 1.807) is 0 Å². The zero-order valence-electron chi connectivity index (χ0n) is 8.68. The van der Waals surface area contributed by atoms with Crippen molar-refractivity contribution in [3.8, 4) is 0 Å². The topological polar surface area (TPSA) is 41.8 Å². The molecule has 1 atom stereocenters. The molecule has 17 heavy (non-hydrogen) atoms. The summed E-state index contributed by atoms with van der Waals surface area (Å²) in [5.41, 5.74) is 5.33. The normalized spacial score (nSPS) is 14.2. The van der Waals surface area contributed by atoms with Crippen molar-refractivity contribution in [3.05, 3.63) is 35.8 Å². The highest BCUT2D eigenvalue weighted by Gasteiger charge is 2.41. The summed E-state index contributed by atoms with van der Waals surface area (Å²) in [5.74, 6) is -2.53. The van der Waals surface area contributed by atoms with Crippen LogP contribution in [-0.2, 0) is 0 Å². The Morgan fingerprint density at radius 2 is 2.00 bits per heavy atom. The number of H-pyrrole nitrogens is 1. The summed E-state index contributed by atoms with van der Waals surface area (Å²) in [4.78, 5) is 2.62. The molecule has 0 saturated heterocycles. The van der Waals surface area contributed by atoms with Crippen LogP contribution >= 0.6 is 0 Å². The fourth-order valence-corrected chi connectivity index (χ4v) is 1.88. The highest BCUT2D eigenvalue weighted by Crippen LogP contribution is 2.38. The van der Waals surface area contributed by atoms with Gasteiger partial charge in [-0.2, -0.15) is 13.2 Å². The first-order valence-corrected chi connectivity index (χ1v) is 4.97. The van der Waals surface area contributed by atoms with Crippen molar-refractivity contribution in [1.29, 1.82) is 0 Å². The van der Waals surface area contributed by atoms with Crippen molar-refractivity contribution < 1.29 is 17.6 Å². The van der Waals surface area contributed by atoms with Crippen LogP contribution in [0.2, 0.25) is 0 Å². The molecule has 3 N–H and O–H groups in total. The summed E-state index contributed by atoms with van der Waals surface area (Å²) in [7, 11) is 0. The van der Waals surface area contributed by atoms with E-state index in [-0.39, 0.29) is 10.9 Å². The molecule has 0 saturated carbocycles. The number of fused-ring (bicyclic) bond motifs is 1. The molecule has 0 aliphatic carbocycles. The van der Waals surface area contributed by atoms with Crippen LogP contribution < -0.4 is 5.73 Å². The Kier molecular flexibility index (Phi) is 2.82. The molecule has 0 aliphatic heterocycles. The van der Waals surface area contributed by atoms with Crippen molar-refractivity contribution in [2.45, 2.75) is 12.1 Å². The Hall–Kier alpha value is -1.56. The number of benzene rings is 1. The van der Waals surface area contributed by atoms with E-state index in [0.717, 1.165) is 6.07 Å². The van der Waals surface area contributed by atoms with E-state index in [2.05, 4.69) is 4.98 Å². The highest BCUT2D eigenvalue weighted by molar-refractivity contribution is 5.84. The van der Waals surface area contributed by atoms with E-state index in [1.165, 1.54) is 18.3 Å². The third kappa shape index (κ3) is 2.00. The summed E-state index contributed by atoms with van der Waals surface area (Å²) in [6.07, 6.45) is -3.31. The summed E-state index contributed by atoms with van der Waals surface area (Å²) < 4.78 is 51.7. The van der Waals surface area contributed by atoms with E-state index >= 15 is 0 Å². The van der Waals surface area contributed by atoms with Crippen molar-refractivity contribution in [2.24, 2.45) is 5.73 Å². The number of nitrogens with one attached hydrogen (secondary N) is 1. The average molecular weight is 246 g/mol. The van der Waals surface area contributed by atoms with Gasteiger partial charge in [0.1, 0.15) is 5.82 Å². The highest BCUT2D eigenvalue weighted by atomic mass is 19.4. The first-order chi connectivity index (χ1) is 7.95. The molecule has 0 spiro atoms. The van der Waals surface area contributed by atoms with Crippen LogP contribution in [0.1, 0.15) is 11.5 Å². The van der Waals surface area contributed by atoms with Crippen LogP contribution in [0.25, 0.3) is 10.9 Å². The van der Waals surface area contributed by atoms with Crippen molar-refractivity contribution >= 4 is 10.9 Å². The number of alkyl halides is 3. The minimum atomic E-state index is -4.48. The minimum absolute atomic E-state index is 0.0414. The third-order valence-electron chi connectivity index (χ3n) is 2.69. The number of nitrogens with two attached hydrogens (primary N) is 1. The molecule has 0 radical (unpaired) electrons.